The number of carbonyl (C=O) groups is 1. The Kier molecular flexibility index (Phi) is 5.24. The third-order valence-electron chi connectivity index (χ3n) is 2.74. The van der Waals surface area contributed by atoms with Crippen LogP contribution in [-0.4, -0.2) is 38.7 Å². The van der Waals surface area contributed by atoms with Crippen molar-refractivity contribution in [3.63, 3.8) is 0 Å². The molecule has 0 aliphatic heterocycles. The molecule has 2 N–H and O–H groups in total. The molecule has 1 heterocycles. The molecule has 21 heavy (non-hydrogen) atoms. The molecule has 0 spiro atoms. The van der Waals surface area contributed by atoms with E-state index in [1.165, 1.54) is 11.0 Å². The summed E-state index contributed by atoms with van der Waals surface area (Å²) in [6, 6.07) is 5.55. The molecule has 8 heteroatoms. The average molecular weight is 309 g/mol. The van der Waals surface area contributed by atoms with Crippen LogP contribution in [0.2, 0.25) is 5.02 Å². The lowest BCUT2D eigenvalue weighted by atomic mass is 10.2. The van der Waals surface area contributed by atoms with Gasteiger partial charge in [0.25, 0.3) is 0 Å². The zero-order valence-electron chi connectivity index (χ0n) is 11.9. The van der Waals surface area contributed by atoms with Gasteiger partial charge in [0.15, 0.2) is 0 Å². The van der Waals surface area contributed by atoms with Crippen molar-refractivity contribution in [2.75, 3.05) is 11.9 Å². The smallest absolute Gasteiger partial charge is 0.225 e. The maximum absolute atomic E-state index is 11.9. The zero-order chi connectivity index (χ0) is 15.2. The zero-order valence-corrected chi connectivity index (χ0v) is 12.6. The first-order valence-electron chi connectivity index (χ1n) is 6.62. The maximum atomic E-state index is 11.9. The van der Waals surface area contributed by atoms with E-state index in [2.05, 4.69) is 26.2 Å². The van der Waals surface area contributed by atoms with Crippen LogP contribution in [0, 0.1) is 0 Å². The maximum Gasteiger partial charge on any atom is 0.225 e. The van der Waals surface area contributed by atoms with Crippen LogP contribution in [0.5, 0.6) is 0 Å². The summed E-state index contributed by atoms with van der Waals surface area (Å²) >= 11 is 6.09. The van der Waals surface area contributed by atoms with Gasteiger partial charge in [-0.2, -0.15) is 0 Å². The number of anilines is 1. The minimum absolute atomic E-state index is 0.0982. The van der Waals surface area contributed by atoms with Gasteiger partial charge in [0.2, 0.25) is 5.91 Å². The molecule has 1 amide bonds. The average Bonchev–Trinajstić information content (AvgIpc) is 2.95. The molecular formula is C13H17ClN6O. The van der Waals surface area contributed by atoms with E-state index in [1.807, 2.05) is 13.8 Å². The molecule has 1 aromatic carbocycles. The summed E-state index contributed by atoms with van der Waals surface area (Å²) < 4.78 is 1.49. The van der Waals surface area contributed by atoms with Crippen LogP contribution in [-0.2, 0) is 4.79 Å². The quantitative estimate of drug-likeness (QED) is 0.847. The number of nitrogens with zero attached hydrogens (tertiary/aromatic N) is 4. The predicted molar refractivity (Wildman–Crippen MR) is 80.5 cm³/mol. The normalized spacial score (nSPS) is 10.9. The first kappa shape index (κ1) is 15.4. The van der Waals surface area contributed by atoms with E-state index in [1.54, 1.807) is 18.2 Å². The van der Waals surface area contributed by atoms with Crippen LogP contribution in [0.25, 0.3) is 5.69 Å². The molecule has 0 saturated carbocycles. The lowest BCUT2D eigenvalue weighted by Gasteiger charge is -2.10. The largest absolute Gasteiger partial charge is 0.325 e. The van der Waals surface area contributed by atoms with E-state index in [0.29, 0.717) is 29.7 Å². The third kappa shape index (κ3) is 4.51. The summed E-state index contributed by atoms with van der Waals surface area (Å²) in [6.45, 7) is 4.68. The van der Waals surface area contributed by atoms with Gasteiger partial charge < -0.3 is 10.6 Å². The van der Waals surface area contributed by atoms with Crippen molar-refractivity contribution in [1.82, 2.24) is 25.5 Å². The van der Waals surface area contributed by atoms with E-state index in [9.17, 15) is 4.79 Å². The van der Waals surface area contributed by atoms with E-state index in [-0.39, 0.29) is 5.91 Å². The second kappa shape index (κ2) is 7.14. The van der Waals surface area contributed by atoms with Crippen molar-refractivity contribution < 1.29 is 4.79 Å². The van der Waals surface area contributed by atoms with Crippen LogP contribution in [0.3, 0.4) is 0 Å². The number of hydrogen-bond donors (Lipinski definition) is 2. The first-order valence-corrected chi connectivity index (χ1v) is 7.00. The number of carbonyl (C=O) groups excluding carboxylic acids is 1. The molecule has 0 bridgehead atoms. The molecule has 0 unspecified atom stereocenters. The van der Waals surface area contributed by atoms with E-state index in [4.69, 9.17) is 11.6 Å². The van der Waals surface area contributed by atoms with E-state index >= 15 is 0 Å². The van der Waals surface area contributed by atoms with Gasteiger partial charge in [0, 0.05) is 19.0 Å². The lowest BCUT2D eigenvalue weighted by Crippen LogP contribution is -2.27. The highest BCUT2D eigenvalue weighted by molar-refractivity contribution is 6.33. The summed E-state index contributed by atoms with van der Waals surface area (Å²) in [7, 11) is 0. The Hall–Kier alpha value is -1.99. The molecule has 0 radical (unpaired) electrons. The Morgan fingerprint density at radius 2 is 2.24 bits per heavy atom. The van der Waals surface area contributed by atoms with Crippen molar-refractivity contribution in [2.24, 2.45) is 0 Å². The highest BCUT2D eigenvalue weighted by Gasteiger charge is 2.08. The fourth-order valence-electron chi connectivity index (χ4n) is 1.72. The standard InChI is InChI=1S/C13H17ClN6O/c1-9(2)15-6-5-13(21)17-12-7-10(3-4-11(12)14)20-8-16-18-19-20/h3-4,7-9,15H,5-6H2,1-2H3,(H,17,21). The SMILES string of the molecule is CC(C)NCCC(=O)Nc1cc(-n2cnnn2)ccc1Cl. The minimum atomic E-state index is -0.0982. The number of hydrogen-bond acceptors (Lipinski definition) is 5. The fraction of sp³-hybridized carbons (Fsp3) is 0.385. The molecule has 2 aromatic rings. The van der Waals surface area contributed by atoms with E-state index < -0.39 is 0 Å². The number of amides is 1. The molecule has 0 saturated heterocycles. The molecule has 0 fully saturated rings. The van der Waals surface area contributed by atoms with Crippen LogP contribution in [0.15, 0.2) is 24.5 Å². The van der Waals surface area contributed by atoms with Crippen molar-refractivity contribution >= 4 is 23.2 Å². The molecule has 0 aliphatic rings. The van der Waals surface area contributed by atoms with Gasteiger partial charge in [0.05, 0.1) is 16.4 Å². The third-order valence-corrected chi connectivity index (χ3v) is 3.07. The number of nitrogens with one attached hydrogen (secondary N) is 2. The first-order chi connectivity index (χ1) is 10.1. The minimum Gasteiger partial charge on any atom is -0.325 e. The van der Waals surface area contributed by atoms with Crippen molar-refractivity contribution in [3.8, 4) is 5.69 Å². The highest BCUT2D eigenvalue weighted by Crippen LogP contribution is 2.24. The molecule has 0 atom stereocenters. The number of halogens is 1. The topological polar surface area (TPSA) is 84.7 Å². The number of rotatable bonds is 6. The number of aromatic nitrogens is 4. The summed E-state index contributed by atoms with van der Waals surface area (Å²) in [6.07, 6.45) is 1.85. The summed E-state index contributed by atoms with van der Waals surface area (Å²) in [5.74, 6) is -0.0982. The number of tetrazole rings is 1. The molecule has 0 aliphatic carbocycles. The Morgan fingerprint density at radius 3 is 2.90 bits per heavy atom. The van der Waals surface area contributed by atoms with Gasteiger partial charge in [-0.15, -0.1) is 5.10 Å². The predicted octanol–water partition coefficient (Wildman–Crippen LogP) is 1.64. The van der Waals surface area contributed by atoms with Gasteiger partial charge in [-0.05, 0) is 28.6 Å². The van der Waals surface area contributed by atoms with Crippen molar-refractivity contribution in [1.29, 1.82) is 0 Å². The Balaban J connectivity index is 2.02. The van der Waals surface area contributed by atoms with Crippen LogP contribution in [0.4, 0.5) is 5.69 Å². The fourth-order valence-corrected chi connectivity index (χ4v) is 1.88. The molecular weight excluding hydrogens is 292 g/mol. The summed E-state index contributed by atoms with van der Waals surface area (Å²) in [4.78, 5) is 11.9. The van der Waals surface area contributed by atoms with Gasteiger partial charge in [-0.1, -0.05) is 25.4 Å². The Morgan fingerprint density at radius 1 is 1.43 bits per heavy atom. The van der Waals surface area contributed by atoms with Gasteiger partial charge in [-0.25, -0.2) is 4.68 Å². The molecule has 2 rings (SSSR count). The Labute approximate surface area is 127 Å². The van der Waals surface area contributed by atoms with E-state index in [0.717, 1.165) is 5.69 Å². The lowest BCUT2D eigenvalue weighted by molar-refractivity contribution is -0.116. The Bertz CT molecular complexity index is 599. The van der Waals surface area contributed by atoms with Gasteiger partial charge in [0.1, 0.15) is 6.33 Å². The van der Waals surface area contributed by atoms with Crippen molar-refractivity contribution in [2.45, 2.75) is 26.3 Å². The van der Waals surface area contributed by atoms with Crippen LogP contribution < -0.4 is 10.6 Å². The molecule has 112 valence electrons. The van der Waals surface area contributed by atoms with Crippen molar-refractivity contribution in [3.05, 3.63) is 29.5 Å². The molecule has 7 nitrogen and oxygen atoms in total. The number of benzene rings is 1. The van der Waals surface area contributed by atoms with Gasteiger partial charge >= 0.3 is 0 Å². The summed E-state index contributed by atoms with van der Waals surface area (Å²) in [5.41, 5.74) is 1.26. The van der Waals surface area contributed by atoms with Crippen LogP contribution in [0.1, 0.15) is 20.3 Å². The molecule has 1 aromatic heterocycles. The van der Waals surface area contributed by atoms with Gasteiger partial charge in [-0.3, -0.25) is 4.79 Å². The van der Waals surface area contributed by atoms with Crippen LogP contribution >= 0.6 is 11.6 Å². The monoisotopic (exact) mass is 308 g/mol. The second-order valence-electron chi connectivity index (χ2n) is 4.83. The second-order valence-corrected chi connectivity index (χ2v) is 5.23. The highest BCUT2D eigenvalue weighted by atomic mass is 35.5. The summed E-state index contributed by atoms with van der Waals surface area (Å²) in [5, 5.41) is 17.4.